The zero-order valence-corrected chi connectivity index (χ0v) is 13.0. The molecule has 0 heterocycles. The molecule has 0 aliphatic carbocycles. The second kappa shape index (κ2) is 6.48. The van der Waals surface area contributed by atoms with Crippen LogP contribution in [0.3, 0.4) is 0 Å². The molecule has 0 fully saturated rings. The van der Waals surface area contributed by atoms with Crippen LogP contribution in [0.1, 0.15) is 21.5 Å². The molecule has 4 nitrogen and oxygen atoms in total. The molecule has 0 spiro atoms. The summed E-state index contributed by atoms with van der Waals surface area (Å²) in [5.74, 6) is -1.36. The standard InChI is InChI=1S/C16H12F3NO3S/c1-11(12-5-3-2-4-6-12)13-7-9-14(10-8-13)15(21)20-24(22,23)16(17,18)19/h2-10H,1H2,(H,20,21). The van der Waals surface area contributed by atoms with E-state index < -0.39 is 21.4 Å². The van der Waals surface area contributed by atoms with Crippen LogP contribution in [0.5, 0.6) is 0 Å². The van der Waals surface area contributed by atoms with Gasteiger partial charge in [-0.05, 0) is 28.8 Å². The fraction of sp³-hybridized carbons (Fsp3) is 0.0625. The van der Waals surface area contributed by atoms with Gasteiger partial charge in [-0.1, -0.05) is 49.0 Å². The highest BCUT2D eigenvalue weighted by Crippen LogP contribution is 2.23. The van der Waals surface area contributed by atoms with E-state index in [9.17, 15) is 26.4 Å². The van der Waals surface area contributed by atoms with Crippen LogP contribution < -0.4 is 4.72 Å². The summed E-state index contributed by atoms with van der Waals surface area (Å²) in [5, 5.41) is 0. The van der Waals surface area contributed by atoms with Crippen molar-refractivity contribution in [1.82, 2.24) is 4.72 Å². The molecular weight excluding hydrogens is 343 g/mol. The second-order valence-corrected chi connectivity index (χ2v) is 6.48. The van der Waals surface area contributed by atoms with Crippen molar-refractivity contribution in [3.63, 3.8) is 0 Å². The molecule has 0 unspecified atom stereocenters. The van der Waals surface area contributed by atoms with Crippen LogP contribution in [0.25, 0.3) is 5.57 Å². The van der Waals surface area contributed by atoms with Crippen molar-refractivity contribution in [1.29, 1.82) is 0 Å². The van der Waals surface area contributed by atoms with Crippen molar-refractivity contribution in [2.24, 2.45) is 0 Å². The molecule has 2 rings (SSSR count). The third-order valence-corrected chi connectivity index (χ3v) is 4.21. The summed E-state index contributed by atoms with van der Waals surface area (Å²) in [6.45, 7) is 3.92. The average molecular weight is 355 g/mol. The Kier molecular flexibility index (Phi) is 4.79. The van der Waals surface area contributed by atoms with Crippen molar-refractivity contribution in [2.45, 2.75) is 5.51 Å². The Hall–Kier alpha value is -2.61. The Balaban J connectivity index is 2.18. The van der Waals surface area contributed by atoms with E-state index in [2.05, 4.69) is 6.58 Å². The maximum atomic E-state index is 12.3. The number of hydrogen-bond acceptors (Lipinski definition) is 3. The first-order valence-electron chi connectivity index (χ1n) is 6.60. The molecule has 0 aliphatic rings. The quantitative estimate of drug-likeness (QED) is 0.915. The largest absolute Gasteiger partial charge is 0.516 e. The van der Waals surface area contributed by atoms with Crippen LogP contribution in [0.4, 0.5) is 13.2 Å². The SMILES string of the molecule is C=C(c1ccccc1)c1ccc(C(=O)NS(=O)(=O)C(F)(F)F)cc1. The van der Waals surface area contributed by atoms with Crippen molar-refractivity contribution in [3.05, 3.63) is 77.9 Å². The van der Waals surface area contributed by atoms with Crippen LogP contribution in [0.15, 0.2) is 61.2 Å². The Labute approximate surface area is 136 Å². The van der Waals surface area contributed by atoms with Crippen molar-refractivity contribution in [3.8, 4) is 0 Å². The van der Waals surface area contributed by atoms with Gasteiger partial charge >= 0.3 is 15.5 Å². The van der Waals surface area contributed by atoms with Gasteiger partial charge in [0.05, 0.1) is 0 Å². The lowest BCUT2D eigenvalue weighted by molar-refractivity contribution is -0.0446. The van der Waals surface area contributed by atoms with Gasteiger partial charge in [0.15, 0.2) is 0 Å². The number of benzene rings is 2. The number of amides is 1. The summed E-state index contributed by atoms with van der Waals surface area (Å²) in [7, 11) is -5.73. The van der Waals surface area contributed by atoms with Gasteiger partial charge in [-0.15, -0.1) is 0 Å². The molecule has 1 N–H and O–H groups in total. The van der Waals surface area contributed by atoms with E-state index in [1.54, 1.807) is 0 Å². The molecule has 2 aromatic rings. The Morgan fingerprint density at radius 2 is 1.33 bits per heavy atom. The molecule has 0 aliphatic heterocycles. The maximum absolute atomic E-state index is 12.3. The number of sulfonamides is 1. The lowest BCUT2D eigenvalue weighted by Crippen LogP contribution is -2.40. The van der Waals surface area contributed by atoms with Gasteiger partial charge in [0, 0.05) is 5.56 Å². The third kappa shape index (κ3) is 3.83. The number of alkyl halides is 3. The molecule has 0 saturated heterocycles. The minimum absolute atomic E-state index is 0.215. The Morgan fingerprint density at radius 3 is 1.83 bits per heavy atom. The fourth-order valence-electron chi connectivity index (χ4n) is 1.87. The van der Waals surface area contributed by atoms with Gasteiger partial charge in [0.2, 0.25) is 0 Å². The minimum Gasteiger partial charge on any atom is -0.268 e. The summed E-state index contributed by atoms with van der Waals surface area (Å²) >= 11 is 0. The van der Waals surface area contributed by atoms with E-state index in [-0.39, 0.29) is 5.56 Å². The first-order chi connectivity index (χ1) is 11.1. The van der Waals surface area contributed by atoms with Crippen LogP contribution in [-0.2, 0) is 10.0 Å². The number of carbonyl (C=O) groups excluding carboxylic acids is 1. The van der Waals surface area contributed by atoms with Crippen LogP contribution in [0, 0.1) is 0 Å². The summed E-state index contributed by atoms with van der Waals surface area (Å²) in [6, 6.07) is 14.6. The Morgan fingerprint density at radius 1 is 0.875 bits per heavy atom. The highest BCUT2D eigenvalue weighted by molar-refractivity contribution is 7.90. The highest BCUT2D eigenvalue weighted by atomic mass is 32.2. The first kappa shape index (κ1) is 17.7. The zero-order chi connectivity index (χ0) is 18.0. The monoisotopic (exact) mass is 355 g/mol. The van der Waals surface area contributed by atoms with Gasteiger partial charge < -0.3 is 0 Å². The lowest BCUT2D eigenvalue weighted by Gasteiger charge is -2.10. The van der Waals surface area contributed by atoms with Gasteiger partial charge in [0.25, 0.3) is 5.91 Å². The molecule has 8 heteroatoms. The number of rotatable bonds is 4. The van der Waals surface area contributed by atoms with Crippen LogP contribution in [-0.4, -0.2) is 19.8 Å². The third-order valence-electron chi connectivity index (χ3n) is 3.15. The molecule has 0 bridgehead atoms. The molecule has 0 saturated carbocycles. The van der Waals surface area contributed by atoms with Gasteiger partial charge in [-0.2, -0.15) is 21.6 Å². The molecular formula is C16H12F3NO3S. The number of hydrogen-bond donors (Lipinski definition) is 1. The molecule has 1 amide bonds. The zero-order valence-electron chi connectivity index (χ0n) is 12.2. The summed E-state index contributed by atoms with van der Waals surface area (Å²) in [4.78, 5) is 11.6. The molecule has 0 radical (unpaired) electrons. The van der Waals surface area contributed by atoms with Gasteiger partial charge in [-0.3, -0.25) is 4.79 Å². The predicted molar refractivity (Wildman–Crippen MR) is 83.5 cm³/mol. The fourth-order valence-corrected chi connectivity index (χ4v) is 2.35. The van der Waals surface area contributed by atoms with Crippen LogP contribution in [0.2, 0.25) is 0 Å². The molecule has 0 atom stereocenters. The number of nitrogens with one attached hydrogen (secondary N) is 1. The number of carbonyl (C=O) groups is 1. The average Bonchev–Trinajstić information content (AvgIpc) is 2.53. The van der Waals surface area contributed by atoms with E-state index in [0.717, 1.165) is 10.3 Å². The summed E-state index contributed by atoms with van der Waals surface area (Å²) in [6.07, 6.45) is 0. The van der Waals surface area contributed by atoms with E-state index in [1.807, 2.05) is 30.3 Å². The molecule has 2 aromatic carbocycles. The minimum atomic E-state index is -5.73. The first-order valence-corrected chi connectivity index (χ1v) is 8.08. The molecule has 0 aromatic heterocycles. The van der Waals surface area contributed by atoms with E-state index >= 15 is 0 Å². The normalized spacial score (nSPS) is 11.8. The molecule has 126 valence electrons. The van der Waals surface area contributed by atoms with E-state index in [1.165, 1.54) is 24.3 Å². The van der Waals surface area contributed by atoms with Crippen molar-refractivity contribution >= 4 is 21.5 Å². The van der Waals surface area contributed by atoms with Crippen molar-refractivity contribution in [2.75, 3.05) is 0 Å². The maximum Gasteiger partial charge on any atom is 0.516 e. The number of halogens is 3. The predicted octanol–water partition coefficient (Wildman–Crippen LogP) is 3.33. The summed E-state index contributed by atoms with van der Waals surface area (Å²) < 4.78 is 59.6. The second-order valence-electron chi connectivity index (χ2n) is 4.80. The smallest absolute Gasteiger partial charge is 0.268 e. The summed E-state index contributed by atoms with van der Waals surface area (Å²) in [5.41, 5.74) is -3.62. The molecule has 24 heavy (non-hydrogen) atoms. The highest BCUT2D eigenvalue weighted by Gasteiger charge is 2.47. The van der Waals surface area contributed by atoms with Gasteiger partial charge in [0.1, 0.15) is 0 Å². The van der Waals surface area contributed by atoms with Gasteiger partial charge in [-0.25, -0.2) is 4.72 Å². The van der Waals surface area contributed by atoms with Crippen LogP contribution >= 0.6 is 0 Å². The van der Waals surface area contributed by atoms with Crippen molar-refractivity contribution < 1.29 is 26.4 Å². The lowest BCUT2D eigenvalue weighted by atomic mass is 9.99. The topological polar surface area (TPSA) is 63.2 Å². The van der Waals surface area contributed by atoms with E-state index in [0.29, 0.717) is 11.1 Å². The van der Waals surface area contributed by atoms with E-state index in [4.69, 9.17) is 0 Å². The Bertz CT molecular complexity index is 858.